The molecule has 2 aliphatic rings. The van der Waals surface area contributed by atoms with Gasteiger partial charge in [0.15, 0.2) is 0 Å². The van der Waals surface area contributed by atoms with Gasteiger partial charge in [0.1, 0.15) is 0 Å². The lowest BCUT2D eigenvalue weighted by molar-refractivity contribution is 0.0566. The first-order chi connectivity index (χ1) is 6.91. The van der Waals surface area contributed by atoms with Gasteiger partial charge in [-0.25, -0.2) is 0 Å². The molecule has 1 aromatic heterocycles. The van der Waals surface area contributed by atoms with Crippen molar-refractivity contribution in [3.8, 4) is 0 Å². The van der Waals surface area contributed by atoms with Gasteiger partial charge in [0.05, 0.1) is 0 Å². The van der Waals surface area contributed by atoms with Crippen LogP contribution in [-0.4, -0.2) is 24.7 Å². The topological polar surface area (TPSA) is 34.1 Å². The Kier molecular flexibility index (Phi) is 1.74. The monoisotopic (exact) mass is 190 g/mol. The van der Waals surface area contributed by atoms with Gasteiger partial charge in [-0.15, -0.1) is 0 Å². The van der Waals surface area contributed by atoms with Gasteiger partial charge < -0.3 is 10.1 Å². The SMILES string of the molecule is c1cc2c(cn1)C1(CCOCC1)CN2. The number of nitrogens with one attached hydrogen (secondary N) is 1. The summed E-state index contributed by atoms with van der Waals surface area (Å²) in [6.07, 6.45) is 6.11. The molecule has 0 unspecified atom stereocenters. The van der Waals surface area contributed by atoms with Gasteiger partial charge in [-0.1, -0.05) is 0 Å². The van der Waals surface area contributed by atoms with Crippen LogP contribution < -0.4 is 5.32 Å². The fourth-order valence-corrected chi connectivity index (χ4v) is 2.54. The molecule has 0 bridgehead atoms. The molecule has 0 aliphatic carbocycles. The number of hydrogen-bond donors (Lipinski definition) is 1. The average molecular weight is 190 g/mol. The molecule has 0 atom stereocenters. The van der Waals surface area contributed by atoms with Gasteiger partial charge in [-0.05, 0) is 18.9 Å². The van der Waals surface area contributed by atoms with E-state index in [-0.39, 0.29) is 0 Å². The van der Waals surface area contributed by atoms with Gasteiger partial charge >= 0.3 is 0 Å². The Balaban J connectivity index is 2.03. The summed E-state index contributed by atoms with van der Waals surface area (Å²) in [7, 11) is 0. The average Bonchev–Trinajstić information content (AvgIpc) is 2.60. The maximum atomic E-state index is 5.42. The van der Waals surface area contributed by atoms with E-state index >= 15 is 0 Å². The summed E-state index contributed by atoms with van der Waals surface area (Å²) in [6.45, 7) is 2.82. The number of nitrogens with zero attached hydrogens (tertiary/aromatic N) is 1. The van der Waals surface area contributed by atoms with Crippen molar-refractivity contribution >= 4 is 5.69 Å². The van der Waals surface area contributed by atoms with Crippen LogP contribution in [0.25, 0.3) is 0 Å². The van der Waals surface area contributed by atoms with Crippen molar-refractivity contribution in [1.82, 2.24) is 4.98 Å². The van der Waals surface area contributed by atoms with Gasteiger partial charge in [0.2, 0.25) is 0 Å². The van der Waals surface area contributed by atoms with Crippen LogP contribution in [0.15, 0.2) is 18.5 Å². The number of rotatable bonds is 0. The van der Waals surface area contributed by atoms with Gasteiger partial charge in [0, 0.05) is 48.8 Å². The second-order valence-electron chi connectivity index (χ2n) is 4.17. The summed E-state index contributed by atoms with van der Waals surface area (Å²) in [5.41, 5.74) is 2.96. The van der Waals surface area contributed by atoms with Crippen molar-refractivity contribution in [2.24, 2.45) is 0 Å². The van der Waals surface area contributed by atoms with Crippen LogP contribution in [0.5, 0.6) is 0 Å². The van der Waals surface area contributed by atoms with Gasteiger partial charge in [-0.3, -0.25) is 4.98 Å². The van der Waals surface area contributed by atoms with Crippen molar-refractivity contribution in [2.45, 2.75) is 18.3 Å². The van der Waals surface area contributed by atoms with Crippen LogP contribution in [0.1, 0.15) is 18.4 Å². The molecule has 0 saturated carbocycles. The molecule has 1 N–H and O–H groups in total. The summed E-state index contributed by atoms with van der Waals surface area (Å²) < 4.78 is 5.42. The van der Waals surface area contributed by atoms with Gasteiger partial charge in [-0.2, -0.15) is 0 Å². The highest BCUT2D eigenvalue weighted by Gasteiger charge is 2.40. The quantitative estimate of drug-likeness (QED) is 0.674. The van der Waals surface area contributed by atoms with Gasteiger partial charge in [0.25, 0.3) is 0 Å². The van der Waals surface area contributed by atoms with E-state index < -0.39 is 0 Å². The summed E-state index contributed by atoms with van der Waals surface area (Å²) in [6, 6.07) is 2.07. The third-order valence-corrected chi connectivity index (χ3v) is 3.46. The molecule has 3 heterocycles. The molecule has 1 fully saturated rings. The minimum absolute atomic E-state index is 0.307. The van der Waals surface area contributed by atoms with Crippen molar-refractivity contribution < 1.29 is 4.74 Å². The lowest BCUT2D eigenvalue weighted by Crippen LogP contribution is -2.35. The summed E-state index contributed by atoms with van der Waals surface area (Å²) in [4.78, 5) is 4.23. The number of aromatic nitrogens is 1. The molecule has 0 amide bonds. The highest BCUT2D eigenvalue weighted by molar-refractivity contribution is 5.59. The van der Waals surface area contributed by atoms with Crippen molar-refractivity contribution in [3.05, 3.63) is 24.0 Å². The number of anilines is 1. The Hall–Kier alpha value is -1.09. The number of pyridine rings is 1. The third-order valence-electron chi connectivity index (χ3n) is 3.46. The van der Waals surface area contributed by atoms with E-state index in [1.807, 2.05) is 12.4 Å². The second kappa shape index (κ2) is 2.95. The van der Waals surface area contributed by atoms with Crippen LogP contribution in [0.4, 0.5) is 5.69 Å². The van der Waals surface area contributed by atoms with E-state index in [2.05, 4.69) is 16.4 Å². The molecular weight excluding hydrogens is 176 g/mol. The van der Waals surface area contributed by atoms with E-state index in [0.717, 1.165) is 32.6 Å². The van der Waals surface area contributed by atoms with E-state index in [9.17, 15) is 0 Å². The fourth-order valence-electron chi connectivity index (χ4n) is 2.54. The maximum Gasteiger partial charge on any atom is 0.0475 e. The fraction of sp³-hybridized carbons (Fsp3) is 0.545. The van der Waals surface area contributed by atoms with E-state index in [4.69, 9.17) is 4.74 Å². The lowest BCUT2D eigenvalue weighted by Gasteiger charge is -2.32. The standard InChI is InChI=1S/C11H14N2O/c1-4-12-7-9-10(1)13-8-11(9)2-5-14-6-3-11/h1,4,7,13H,2-3,5-6,8H2. The first kappa shape index (κ1) is 8.24. The molecule has 1 aromatic rings. The summed E-state index contributed by atoms with van der Waals surface area (Å²) in [5, 5.41) is 3.47. The van der Waals surface area contributed by atoms with Crippen LogP contribution >= 0.6 is 0 Å². The lowest BCUT2D eigenvalue weighted by atomic mass is 9.76. The first-order valence-corrected chi connectivity index (χ1v) is 5.17. The third kappa shape index (κ3) is 1.05. The molecule has 74 valence electrons. The maximum absolute atomic E-state index is 5.42. The second-order valence-corrected chi connectivity index (χ2v) is 4.17. The van der Waals surface area contributed by atoms with Crippen molar-refractivity contribution in [3.63, 3.8) is 0 Å². The van der Waals surface area contributed by atoms with Crippen LogP contribution in [0, 0.1) is 0 Å². The molecule has 1 spiro atoms. The predicted octanol–water partition coefficient (Wildman–Crippen LogP) is 1.56. The number of fused-ring (bicyclic) bond motifs is 2. The molecule has 3 nitrogen and oxygen atoms in total. The van der Waals surface area contributed by atoms with Crippen LogP contribution in [0.2, 0.25) is 0 Å². The summed E-state index contributed by atoms with van der Waals surface area (Å²) >= 11 is 0. The van der Waals surface area contributed by atoms with E-state index in [1.165, 1.54) is 11.3 Å². The Bertz CT molecular complexity index is 339. The molecule has 2 aliphatic heterocycles. The minimum Gasteiger partial charge on any atom is -0.384 e. The largest absolute Gasteiger partial charge is 0.384 e. The smallest absolute Gasteiger partial charge is 0.0475 e. The first-order valence-electron chi connectivity index (χ1n) is 5.17. The Morgan fingerprint density at radius 2 is 2.21 bits per heavy atom. The predicted molar refractivity (Wildman–Crippen MR) is 54.5 cm³/mol. The van der Waals surface area contributed by atoms with E-state index in [0.29, 0.717) is 5.41 Å². The number of ether oxygens (including phenoxy) is 1. The van der Waals surface area contributed by atoms with E-state index in [1.54, 1.807) is 0 Å². The molecule has 0 aromatic carbocycles. The van der Waals surface area contributed by atoms with Crippen LogP contribution in [0.3, 0.4) is 0 Å². The Labute approximate surface area is 83.5 Å². The van der Waals surface area contributed by atoms with Crippen LogP contribution in [-0.2, 0) is 10.2 Å². The zero-order valence-corrected chi connectivity index (χ0v) is 8.12. The zero-order chi connectivity index (χ0) is 9.43. The highest BCUT2D eigenvalue weighted by atomic mass is 16.5. The molecule has 3 heteroatoms. The Morgan fingerprint density at radius 3 is 3.07 bits per heavy atom. The summed E-state index contributed by atoms with van der Waals surface area (Å²) in [5.74, 6) is 0. The molecule has 0 radical (unpaired) electrons. The molecular formula is C11H14N2O. The van der Waals surface area contributed by atoms with Crippen molar-refractivity contribution in [1.29, 1.82) is 0 Å². The normalized spacial score (nSPS) is 23.1. The zero-order valence-electron chi connectivity index (χ0n) is 8.12. The molecule has 14 heavy (non-hydrogen) atoms. The van der Waals surface area contributed by atoms with Crippen molar-refractivity contribution in [2.75, 3.05) is 25.1 Å². The Morgan fingerprint density at radius 1 is 1.36 bits per heavy atom. The minimum atomic E-state index is 0.307. The number of hydrogen-bond acceptors (Lipinski definition) is 3. The molecule has 3 rings (SSSR count). The highest BCUT2D eigenvalue weighted by Crippen LogP contribution is 2.42. The molecule has 1 saturated heterocycles.